The number of hydrogen-bond donors (Lipinski definition) is 1. The lowest BCUT2D eigenvalue weighted by atomic mass is 10.1. The Bertz CT molecular complexity index is 694. The van der Waals surface area contributed by atoms with E-state index in [9.17, 15) is 4.79 Å². The van der Waals surface area contributed by atoms with Crippen molar-refractivity contribution in [3.63, 3.8) is 0 Å². The first-order valence-electron chi connectivity index (χ1n) is 8.46. The Morgan fingerprint density at radius 1 is 1.46 bits per heavy atom. The van der Waals surface area contributed by atoms with Crippen molar-refractivity contribution >= 4 is 17.5 Å². The number of rotatable bonds is 6. The molecule has 1 aromatic carbocycles. The highest BCUT2D eigenvalue weighted by Crippen LogP contribution is 2.17. The molecule has 5 nitrogen and oxygen atoms in total. The molecule has 24 heavy (non-hydrogen) atoms. The molecule has 3 rings (SSSR count). The fourth-order valence-electron chi connectivity index (χ4n) is 3.12. The number of halogens is 1. The molecule has 1 N–H and O–H groups in total. The van der Waals surface area contributed by atoms with Crippen LogP contribution < -0.4 is 5.32 Å². The minimum atomic E-state index is 0.0657. The number of amides is 1. The lowest BCUT2D eigenvalue weighted by molar-refractivity contribution is 0.0692. The number of carbonyl (C=O) groups is 1. The minimum Gasteiger partial charge on any atom is -0.334 e. The van der Waals surface area contributed by atoms with Gasteiger partial charge in [-0.05, 0) is 31.0 Å². The molecule has 1 aliphatic heterocycles. The second-order valence-electron chi connectivity index (χ2n) is 6.16. The molecule has 1 unspecified atom stereocenters. The van der Waals surface area contributed by atoms with Gasteiger partial charge in [0, 0.05) is 30.4 Å². The number of benzene rings is 1. The average molecular weight is 347 g/mol. The summed E-state index contributed by atoms with van der Waals surface area (Å²) in [5, 5.41) is 8.38. The van der Waals surface area contributed by atoms with Crippen molar-refractivity contribution in [2.45, 2.75) is 32.4 Å². The van der Waals surface area contributed by atoms with Crippen LogP contribution in [0, 0.1) is 0 Å². The smallest absolute Gasteiger partial charge is 0.257 e. The molecule has 1 aromatic heterocycles. The van der Waals surface area contributed by atoms with E-state index in [0.29, 0.717) is 17.1 Å². The van der Waals surface area contributed by atoms with Crippen molar-refractivity contribution in [2.75, 3.05) is 19.6 Å². The molecule has 1 saturated heterocycles. The van der Waals surface area contributed by atoms with Gasteiger partial charge in [0.1, 0.15) is 0 Å². The van der Waals surface area contributed by atoms with Crippen molar-refractivity contribution in [1.29, 1.82) is 0 Å². The summed E-state index contributed by atoms with van der Waals surface area (Å²) in [5.74, 6) is 0.0657. The third-order valence-corrected chi connectivity index (χ3v) is 4.74. The topological polar surface area (TPSA) is 50.2 Å². The van der Waals surface area contributed by atoms with Crippen molar-refractivity contribution < 1.29 is 4.79 Å². The largest absolute Gasteiger partial charge is 0.334 e. The summed E-state index contributed by atoms with van der Waals surface area (Å²) in [5.41, 5.74) is 1.63. The summed E-state index contributed by atoms with van der Waals surface area (Å²) in [4.78, 5) is 14.9. The molecule has 2 aromatic rings. The van der Waals surface area contributed by atoms with Crippen LogP contribution in [0.25, 0.3) is 0 Å². The SMILES string of the molecule is CCCN(C(=O)c1cnn(Cc2ccccc2Cl)c1)C1CCNC1. The fourth-order valence-corrected chi connectivity index (χ4v) is 3.32. The van der Waals surface area contributed by atoms with Gasteiger partial charge < -0.3 is 10.2 Å². The molecular weight excluding hydrogens is 324 g/mol. The van der Waals surface area contributed by atoms with Gasteiger partial charge in [0.25, 0.3) is 5.91 Å². The van der Waals surface area contributed by atoms with Gasteiger partial charge in [-0.15, -0.1) is 0 Å². The van der Waals surface area contributed by atoms with Gasteiger partial charge in [0.05, 0.1) is 18.3 Å². The monoisotopic (exact) mass is 346 g/mol. The summed E-state index contributed by atoms with van der Waals surface area (Å²) in [7, 11) is 0. The number of hydrogen-bond acceptors (Lipinski definition) is 3. The van der Waals surface area contributed by atoms with Gasteiger partial charge in [-0.3, -0.25) is 9.48 Å². The summed E-state index contributed by atoms with van der Waals surface area (Å²) in [6.07, 6.45) is 5.44. The van der Waals surface area contributed by atoms with Crippen LogP contribution >= 0.6 is 11.6 Å². The van der Waals surface area contributed by atoms with Gasteiger partial charge >= 0.3 is 0 Å². The summed E-state index contributed by atoms with van der Waals surface area (Å²) in [6.45, 7) is 5.29. The molecule has 0 bridgehead atoms. The van der Waals surface area contributed by atoms with E-state index < -0.39 is 0 Å². The first-order valence-corrected chi connectivity index (χ1v) is 8.84. The van der Waals surface area contributed by atoms with E-state index >= 15 is 0 Å². The van der Waals surface area contributed by atoms with Crippen LogP contribution in [0.2, 0.25) is 5.02 Å². The van der Waals surface area contributed by atoms with Crippen LogP contribution in [0.1, 0.15) is 35.7 Å². The Morgan fingerprint density at radius 2 is 2.29 bits per heavy atom. The predicted octanol–water partition coefficient (Wildman–Crippen LogP) is 2.80. The van der Waals surface area contributed by atoms with Crippen molar-refractivity contribution in [3.8, 4) is 0 Å². The Labute approximate surface area is 147 Å². The van der Waals surface area contributed by atoms with Crippen LogP contribution in [-0.4, -0.2) is 46.3 Å². The molecule has 128 valence electrons. The van der Waals surface area contributed by atoms with E-state index in [1.807, 2.05) is 35.4 Å². The van der Waals surface area contributed by atoms with E-state index in [4.69, 9.17) is 11.6 Å². The molecular formula is C18H23ClN4O. The number of nitrogens with one attached hydrogen (secondary N) is 1. The zero-order valence-electron chi connectivity index (χ0n) is 13.9. The molecule has 1 atom stereocenters. The molecule has 0 radical (unpaired) electrons. The van der Waals surface area contributed by atoms with Crippen LogP contribution in [0.3, 0.4) is 0 Å². The highest BCUT2D eigenvalue weighted by atomic mass is 35.5. The highest BCUT2D eigenvalue weighted by molar-refractivity contribution is 6.31. The number of carbonyl (C=O) groups excluding carboxylic acids is 1. The van der Waals surface area contributed by atoms with Gasteiger partial charge in [0.2, 0.25) is 0 Å². The van der Waals surface area contributed by atoms with Gasteiger partial charge in [0.15, 0.2) is 0 Å². The van der Waals surface area contributed by atoms with Crippen LogP contribution in [0.5, 0.6) is 0 Å². The molecule has 1 aliphatic rings. The van der Waals surface area contributed by atoms with Gasteiger partial charge in [-0.1, -0.05) is 36.7 Å². The summed E-state index contributed by atoms with van der Waals surface area (Å²) in [6, 6.07) is 7.97. The second kappa shape index (κ2) is 7.81. The Morgan fingerprint density at radius 3 is 3.00 bits per heavy atom. The molecule has 1 fully saturated rings. The first kappa shape index (κ1) is 17.0. The maximum absolute atomic E-state index is 12.9. The highest BCUT2D eigenvalue weighted by Gasteiger charge is 2.27. The lowest BCUT2D eigenvalue weighted by Crippen LogP contribution is -2.42. The third-order valence-electron chi connectivity index (χ3n) is 4.37. The summed E-state index contributed by atoms with van der Waals surface area (Å²) < 4.78 is 1.77. The quantitative estimate of drug-likeness (QED) is 0.875. The van der Waals surface area contributed by atoms with E-state index in [0.717, 1.165) is 38.0 Å². The summed E-state index contributed by atoms with van der Waals surface area (Å²) >= 11 is 6.20. The number of aromatic nitrogens is 2. The molecule has 6 heteroatoms. The Hall–Kier alpha value is -1.85. The standard InChI is InChI=1S/C18H23ClN4O/c1-2-9-23(16-7-8-20-11-16)18(24)15-10-21-22(13-15)12-14-5-3-4-6-17(14)19/h3-6,10,13,16,20H,2,7-9,11-12H2,1H3. The average Bonchev–Trinajstić information content (AvgIpc) is 3.26. The van der Waals surface area contributed by atoms with E-state index in [1.165, 1.54) is 0 Å². The normalized spacial score (nSPS) is 17.2. The lowest BCUT2D eigenvalue weighted by Gasteiger charge is -2.27. The Kier molecular flexibility index (Phi) is 5.53. The molecule has 0 aliphatic carbocycles. The van der Waals surface area contributed by atoms with Crippen molar-refractivity contribution in [3.05, 3.63) is 52.8 Å². The Balaban J connectivity index is 1.73. The van der Waals surface area contributed by atoms with Crippen LogP contribution in [0.4, 0.5) is 0 Å². The second-order valence-corrected chi connectivity index (χ2v) is 6.57. The molecule has 0 saturated carbocycles. The van der Waals surface area contributed by atoms with Gasteiger partial charge in [-0.25, -0.2) is 0 Å². The maximum Gasteiger partial charge on any atom is 0.257 e. The third kappa shape index (κ3) is 3.79. The zero-order chi connectivity index (χ0) is 16.9. The molecule has 1 amide bonds. The minimum absolute atomic E-state index is 0.0657. The predicted molar refractivity (Wildman–Crippen MR) is 95.4 cm³/mol. The fraction of sp³-hybridized carbons (Fsp3) is 0.444. The van der Waals surface area contributed by atoms with Crippen LogP contribution in [0.15, 0.2) is 36.7 Å². The van der Waals surface area contributed by atoms with Crippen LogP contribution in [-0.2, 0) is 6.54 Å². The van der Waals surface area contributed by atoms with E-state index in [2.05, 4.69) is 17.3 Å². The zero-order valence-corrected chi connectivity index (χ0v) is 14.7. The molecule has 0 spiro atoms. The van der Waals surface area contributed by atoms with E-state index in [-0.39, 0.29) is 11.9 Å². The molecule has 2 heterocycles. The van der Waals surface area contributed by atoms with Crippen molar-refractivity contribution in [2.24, 2.45) is 0 Å². The van der Waals surface area contributed by atoms with Gasteiger partial charge in [-0.2, -0.15) is 5.10 Å². The van der Waals surface area contributed by atoms with Crippen molar-refractivity contribution in [1.82, 2.24) is 20.0 Å². The number of nitrogens with zero attached hydrogens (tertiary/aromatic N) is 3. The maximum atomic E-state index is 12.9. The first-order chi connectivity index (χ1) is 11.7. The van der Waals surface area contributed by atoms with E-state index in [1.54, 1.807) is 10.9 Å².